The van der Waals surface area contributed by atoms with E-state index in [-0.39, 0.29) is 12.0 Å². The number of benzene rings is 2. The second-order valence-corrected chi connectivity index (χ2v) is 9.61. The van der Waals surface area contributed by atoms with Gasteiger partial charge in [0.15, 0.2) is 0 Å². The quantitative estimate of drug-likeness (QED) is 0.232. The molecule has 2 heterocycles. The van der Waals surface area contributed by atoms with Gasteiger partial charge in [0, 0.05) is 29.4 Å². The van der Waals surface area contributed by atoms with Crippen LogP contribution in [0.5, 0.6) is 0 Å². The average molecular weight is 497 g/mol. The molecule has 1 amide bonds. The summed E-state index contributed by atoms with van der Waals surface area (Å²) in [5, 5.41) is 3.68. The minimum absolute atomic E-state index is 0.239. The zero-order valence-electron chi connectivity index (χ0n) is 21.9. The van der Waals surface area contributed by atoms with Crippen molar-refractivity contribution in [3.63, 3.8) is 0 Å². The number of aromatic nitrogens is 2. The van der Waals surface area contributed by atoms with Crippen LogP contribution in [-0.4, -0.2) is 46.9 Å². The van der Waals surface area contributed by atoms with E-state index in [0.717, 1.165) is 39.9 Å². The summed E-state index contributed by atoms with van der Waals surface area (Å²) in [6.45, 7) is 9.92. The van der Waals surface area contributed by atoms with Crippen LogP contribution in [0.2, 0.25) is 0 Å². The first kappa shape index (κ1) is 25.9. The first-order valence-electron chi connectivity index (χ1n) is 12.2. The normalized spacial score (nSPS) is 11.2. The van der Waals surface area contributed by atoms with Gasteiger partial charge in [-0.1, -0.05) is 36.9 Å². The van der Waals surface area contributed by atoms with E-state index >= 15 is 0 Å². The van der Waals surface area contributed by atoms with Crippen LogP contribution in [0.1, 0.15) is 35.3 Å². The molecule has 0 fully saturated rings. The average Bonchev–Trinajstić information content (AvgIpc) is 3.23. The molecule has 0 bridgehead atoms. The number of aryl methyl sites for hydroxylation is 1. The number of nitrogens with one attached hydrogen (secondary N) is 2. The lowest BCUT2D eigenvalue weighted by Crippen LogP contribution is -2.11. The molecule has 0 atom stereocenters. The van der Waals surface area contributed by atoms with Crippen LogP contribution in [-0.2, 0) is 16.1 Å². The Labute approximate surface area is 217 Å². The number of pyridine rings is 1. The third kappa shape index (κ3) is 5.78. The predicted molar refractivity (Wildman–Crippen MR) is 148 cm³/mol. The summed E-state index contributed by atoms with van der Waals surface area (Å²) in [5.41, 5.74) is 7.45. The first-order chi connectivity index (χ1) is 17.7. The van der Waals surface area contributed by atoms with Crippen molar-refractivity contribution in [2.75, 3.05) is 19.4 Å². The smallest absolute Gasteiger partial charge is 0.339 e. The highest BCUT2D eigenvalue weighted by molar-refractivity contribution is 6.06. The lowest BCUT2D eigenvalue weighted by molar-refractivity contribution is -0.111. The summed E-state index contributed by atoms with van der Waals surface area (Å²) < 4.78 is 5.42. The van der Waals surface area contributed by atoms with Crippen molar-refractivity contribution < 1.29 is 14.3 Å². The highest BCUT2D eigenvalue weighted by atomic mass is 16.5. The number of anilines is 1. The standard InChI is InChI=1S/C30H32N4O3/c1-7-26(35)32-25-15-21(12-11-19(25)4)27-24-14-23(30(36)37-18(2)3)16-31-29(24)33-28(27)22-10-8-9-20(13-22)17-34(5)6/h7-16,18H,1,17H2,2-6H3,(H,31,33)(H,32,35). The number of esters is 1. The van der Waals surface area contributed by atoms with E-state index in [9.17, 15) is 9.59 Å². The molecule has 2 aromatic carbocycles. The van der Waals surface area contributed by atoms with Gasteiger partial charge in [0.05, 0.1) is 17.4 Å². The van der Waals surface area contributed by atoms with Gasteiger partial charge in [-0.3, -0.25) is 4.79 Å². The summed E-state index contributed by atoms with van der Waals surface area (Å²) >= 11 is 0. The van der Waals surface area contributed by atoms with Crippen LogP contribution >= 0.6 is 0 Å². The van der Waals surface area contributed by atoms with Gasteiger partial charge in [-0.25, -0.2) is 9.78 Å². The van der Waals surface area contributed by atoms with E-state index in [0.29, 0.717) is 16.9 Å². The predicted octanol–water partition coefficient (Wildman–Crippen LogP) is 5.96. The van der Waals surface area contributed by atoms with E-state index in [1.807, 2.05) is 65.2 Å². The van der Waals surface area contributed by atoms with Crippen LogP contribution in [0.25, 0.3) is 33.4 Å². The zero-order chi connectivity index (χ0) is 26.7. The topological polar surface area (TPSA) is 87.3 Å². The van der Waals surface area contributed by atoms with Crippen LogP contribution in [0.4, 0.5) is 5.69 Å². The molecule has 4 rings (SSSR count). The van der Waals surface area contributed by atoms with Crippen molar-refractivity contribution in [2.45, 2.75) is 33.4 Å². The molecule has 0 aliphatic rings. The molecule has 2 aromatic heterocycles. The number of carbonyl (C=O) groups excluding carboxylic acids is 2. The van der Waals surface area contributed by atoms with E-state index in [4.69, 9.17) is 4.74 Å². The molecule has 7 heteroatoms. The second-order valence-electron chi connectivity index (χ2n) is 9.61. The highest BCUT2D eigenvalue weighted by Crippen LogP contribution is 2.39. The molecular weight excluding hydrogens is 464 g/mol. The third-order valence-corrected chi connectivity index (χ3v) is 5.91. The number of hydrogen-bond donors (Lipinski definition) is 2. The summed E-state index contributed by atoms with van der Waals surface area (Å²) in [6, 6.07) is 16.1. The van der Waals surface area contributed by atoms with Crippen LogP contribution in [0.15, 0.2) is 67.4 Å². The second kappa shape index (κ2) is 10.8. The van der Waals surface area contributed by atoms with Gasteiger partial charge in [-0.15, -0.1) is 0 Å². The monoisotopic (exact) mass is 496 g/mol. The van der Waals surface area contributed by atoms with Crippen molar-refractivity contribution in [1.29, 1.82) is 0 Å². The van der Waals surface area contributed by atoms with Gasteiger partial charge >= 0.3 is 5.97 Å². The van der Waals surface area contributed by atoms with Crippen LogP contribution < -0.4 is 5.32 Å². The molecule has 7 nitrogen and oxygen atoms in total. The number of ether oxygens (including phenoxy) is 1. The number of fused-ring (bicyclic) bond motifs is 1. The van der Waals surface area contributed by atoms with Crippen molar-refractivity contribution in [1.82, 2.24) is 14.9 Å². The van der Waals surface area contributed by atoms with Gasteiger partial charge in [-0.2, -0.15) is 0 Å². The largest absolute Gasteiger partial charge is 0.459 e. The van der Waals surface area contributed by atoms with Crippen molar-refractivity contribution >= 4 is 28.6 Å². The molecular formula is C30H32N4O3. The van der Waals surface area contributed by atoms with E-state index in [2.05, 4.69) is 45.0 Å². The number of H-pyrrole nitrogens is 1. The van der Waals surface area contributed by atoms with Crippen molar-refractivity contribution in [3.8, 4) is 22.4 Å². The fraction of sp³-hybridized carbons (Fsp3) is 0.233. The molecule has 0 unspecified atom stereocenters. The van der Waals surface area contributed by atoms with Crippen LogP contribution in [0, 0.1) is 6.92 Å². The number of carbonyl (C=O) groups is 2. The van der Waals surface area contributed by atoms with Gasteiger partial charge in [0.2, 0.25) is 5.91 Å². The molecule has 0 saturated carbocycles. The Kier molecular flexibility index (Phi) is 7.55. The van der Waals surface area contributed by atoms with E-state index in [1.54, 1.807) is 0 Å². The minimum atomic E-state index is -0.422. The molecule has 0 spiro atoms. The first-order valence-corrected chi connectivity index (χ1v) is 12.2. The highest BCUT2D eigenvalue weighted by Gasteiger charge is 2.20. The Hall–Kier alpha value is -4.23. The molecule has 0 radical (unpaired) electrons. The van der Waals surface area contributed by atoms with Gasteiger partial charge in [0.25, 0.3) is 0 Å². The molecule has 2 N–H and O–H groups in total. The lowest BCUT2D eigenvalue weighted by Gasteiger charge is -2.13. The maximum Gasteiger partial charge on any atom is 0.339 e. The number of hydrogen-bond acceptors (Lipinski definition) is 5. The number of rotatable bonds is 8. The number of nitrogens with zero attached hydrogens (tertiary/aromatic N) is 2. The van der Waals surface area contributed by atoms with E-state index < -0.39 is 5.97 Å². The van der Waals surface area contributed by atoms with Gasteiger partial charge in [0.1, 0.15) is 5.65 Å². The zero-order valence-corrected chi connectivity index (χ0v) is 21.9. The lowest BCUT2D eigenvalue weighted by atomic mass is 9.96. The molecule has 0 aliphatic heterocycles. The number of aromatic amines is 1. The van der Waals surface area contributed by atoms with Crippen molar-refractivity contribution in [3.05, 3.63) is 84.1 Å². The van der Waals surface area contributed by atoms with Crippen LogP contribution in [0.3, 0.4) is 0 Å². The summed E-state index contributed by atoms with van der Waals surface area (Å²) in [5.74, 6) is -0.704. The Bertz CT molecular complexity index is 1480. The molecule has 4 aromatic rings. The maximum atomic E-state index is 12.7. The third-order valence-electron chi connectivity index (χ3n) is 5.91. The summed E-state index contributed by atoms with van der Waals surface area (Å²) in [6.07, 6.45) is 2.54. The molecule has 190 valence electrons. The Morgan fingerprint density at radius 2 is 1.92 bits per heavy atom. The van der Waals surface area contributed by atoms with Gasteiger partial charge in [-0.05, 0) is 81.4 Å². The summed E-state index contributed by atoms with van der Waals surface area (Å²) in [4.78, 5) is 34.9. The minimum Gasteiger partial charge on any atom is -0.459 e. The van der Waals surface area contributed by atoms with E-state index in [1.165, 1.54) is 17.8 Å². The fourth-order valence-electron chi connectivity index (χ4n) is 4.27. The maximum absolute atomic E-state index is 12.7. The summed E-state index contributed by atoms with van der Waals surface area (Å²) in [7, 11) is 4.07. The Morgan fingerprint density at radius 1 is 1.14 bits per heavy atom. The van der Waals surface area contributed by atoms with Gasteiger partial charge < -0.3 is 19.9 Å². The Balaban J connectivity index is 1.95. The number of amides is 1. The van der Waals surface area contributed by atoms with Crippen molar-refractivity contribution in [2.24, 2.45) is 0 Å². The fourth-order valence-corrected chi connectivity index (χ4v) is 4.27. The molecule has 0 aliphatic carbocycles. The molecule has 37 heavy (non-hydrogen) atoms. The Morgan fingerprint density at radius 3 is 2.62 bits per heavy atom. The molecule has 0 saturated heterocycles. The SMILES string of the molecule is C=CC(=O)Nc1cc(-c2c(-c3cccc(CN(C)C)c3)[nH]c3ncc(C(=O)OC(C)C)cc23)ccc1C.